The first-order valence-corrected chi connectivity index (χ1v) is 7.43. The van der Waals surface area contributed by atoms with E-state index in [0.717, 1.165) is 45.6 Å². The van der Waals surface area contributed by atoms with Crippen LogP contribution < -0.4 is 10.2 Å². The van der Waals surface area contributed by atoms with Gasteiger partial charge in [-0.15, -0.1) is 0 Å². The Morgan fingerprint density at radius 3 is 2.53 bits per heavy atom. The fourth-order valence-electron chi connectivity index (χ4n) is 2.52. The third-order valence-electron chi connectivity index (χ3n) is 3.78. The Bertz CT molecular complexity index is 358. The summed E-state index contributed by atoms with van der Waals surface area (Å²) in [5.74, 6) is 0. The molecule has 0 aromatic heterocycles. The lowest BCUT2D eigenvalue weighted by Crippen LogP contribution is -2.34. The number of piperidine rings is 1. The van der Waals surface area contributed by atoms with Gasteiger partial charge in [-0.05, 0) is 51.9 Å². The highest BCUT2D eigenvalue weighted by Gasteiger charge is 2.13. The van der Waals surface area contributed by atoms with Crippen LogP contribution in [0.2, 0.25) is 0 Å². The summed E-state index contributed by atoms with van der Waals surface area (Å²) in [7, 11) is 0. The van der Waals surface area contributed by atoms with Crippen molar-refractivity contribution in [1.29, 1.82) is 0 Å². The van der Waals surface area contributed by atoms with E-state index < -0.39 is 0 Å². The quantitative estimate of drug-likeness (QED) is 0.853. The predicted octanol–water partition coefficient (Wildman–Crippen LogP) is 2.59. The van der Waals surface area contributed by atoms with E-state index in [1.807, 2.05) is 0 Å². The van der Waals surface area contributed by atoms with E-state index in [2.05, 4.69) is 48.3 Å². The van der Waals surface area contributed by atoms with Crippen molar-refractivity contribution in [3.63, 3.8) is 0 Å². The fraction of sp³-hybridized carbons (Fsp3) is 0.625. The van der Waals surface area contributed by atoms with Crippen LogP contribution in [0.25, 0.3) is 0 Å². The minimum atomic E-state index is 0.456. The highest BCUT2D eigenvalue weighted by Crippen LogP contribution is 2.15. The fourth-order valence-corrected chi connectivity index (χ4v) is 2.52. The molecule has 1 N–H and O–H groups in total. The number of anilines is 1. The molecule has 1 aromatic carbocycles. The molecule has 1 aliphatic rings. The Kier molecular flexibility index (Phi) is 5.67. The van der Waals surface area contributed by atoms with Crippen molar-refractivity contribution < 1.29 is 4.74 Å². The van der Waals surface area contributed by atoms with E-state index in [-0.39, 0.29) is 0 Å². The molecule has 19 heavy (non-hydrogen) atoms. The summed E-state index contributed by atoms with van der Waals surface area (Å²) in [5.41, 5.74) is 2.60. The molecule has 1 aliphatic heterocycles. The molecule has 0 aliphatic carbocycles. The van der Waals surface area contributed by atoms with Gasteiger partial charge in [0.2, 0.25) is 0 Å². The lowest BCUT2D eigenvalue weighted by atomic mass is 10.1. The average molecular weight is 262 g/mol. The van der Waals surface area contributed by atoms with Crippen LogP contribution in [0.3, 0.4) is 0 Å². The highest BCUT2D eigenvalue weighted by atomic mass is 16.5. The predicted molar refractivity (Wildman–Crippen MR) is 80.9 cm³/mol. The van der Waals surface area contributed by atoms with Crippen molar-refractivity contribution in [3.8, 4) is 0 Å². The van der Waals surface area contributed by atoms with E-state index >= 15 is 0 Å². The number of nitrogens with one attached hydrogen (secondary N) is 1. The first kappa shape index (κ1) is 14.4. The minimum Gasteiger partial charge on any atom is -0.376 e. The second-order valence-electron chi connectivity index (χ2n) is 5.24. The molecule has 0 amide bonds. The first-order valence-electron chi connectivity index (χ1n) is 7.43. The van der Waals surface area contributed by atoms with Crippen LogP contribution in [-0.4, -0.2) is 38.9 Å². The van der Waals surface area contributed by atoms with Crippen LogP contribution in [0.1, 0.15) is 25.3 Å². The van der Waals surface area contributed by atoms with Gasteiger partial charge in [0.15, 0.2) is 0 Å². The number of aryl methyl sites for hydroxylation is 1. The number of likely N-dealkylation sites (N-methyl/N-ethyl adjacent to an activating group) is 1. The van der Waals surface area contributed by atoms with Gasteiger partial charge in [0.05, 0.1) is 12.7 Å². The number of hydrogen-bond acceptors (Lipinski definition) is 3. The maximum atomic E-state index is 5.98. The second kappa shape index (κ2) is 7.51. The summed E-state index contributed by atoms with van der Waals surface area (Å²) in [6.07, 6.45) is 2.76. The molecule has 106 valence electrons. The maximum absolute atomic E-state index is 5.98. The zero-order valence-electron chi connectivity index (χ0n) is 12.2. The van der Waals surface area contributed by atoms with E-state index in [1.54, 1.807) is 0 Å². The highest BCUT2D eigenvalue weighted by molar-refractivity contribution is 5.47. The summed E-state index contributed by atoms with van der Waals surface area (Å²) < 4.78 is 5.98. The number of rotatable bonds is 6. The van der Waals surface area contributed by atoms with Gasteiger partial charge in [0.1, 0.15) is 0 Å². The summed E-state index contributed by atoms with van der Waals surface area (Å²) in [6.45, 7) is 9.35. The molecule has 0 atom stereocenters. The Morgan fingerprint density at radius 1 is 1.21 bits per heavy atom. The largest absolute Gasteiger partial charge is 0.376 e. The summed E-state index contributed by atoms with van der Waals surface area (Å²) in [4.78, 5) is 2.38. The summed E-state index contributed by atoms with van der Waals surface area (Å²) in [5, 5.41) is 3.37. The van der Waals surface area contributed by atoms with Gasteiger partial charge in [-0.1, -0.05) is 17.7 Å². The first-order chi connectivity index (χ1) is 9.29. The van der Waals surface area contributed by atoms with Gasteiger partial charge in [0, 0.05) is 18.8 Å². The molecule has 2 rings (SSSR count). The Morgan fingerprint density at radius 2 is 1.89 bits per heavy atom. The molecular formula is C16H26N2O. The van der Waals surface area contributed by atoms with Crippen molar-refractivity contribution in [2.75, 3.05) is 37.7 Å². The zero-order chi connectivity index (χ0) is 13.5. The van der Waals surface area contributed by atoms with Crippen molar-refractivity contribution >= 4 is 5.69 Å². The number of hydrogen-bond donors (Lipinski definition) is 1. The molecule has 1 saturated heterocycles. The van der Waals surface area contributed by atoms with Gasteiger partial charge in [-0.2, -0.15) is 0 Å². The zero-order valence-corrected chi connectivity index (χ0v) is 12.2. The molecule has 1 fully saturated rings. The van der Waals surface area contributed by atoms with Crippen molar-refractivity contribution in [1.82, 2.24) is 5.32 Å². The van der Waals surface area contributed by atoms with Crippen molar-refractivity contribution in [2.24, 2.45) is 0 Å². The minimum absolute atomic E-state index is 0.456. The normalized spacial score (nSPS) is 16.5. The lowest BCUT2D eigenvalue weighted by Gasteiger charge is -2.27. The van der Waals surface area contributed by atoms with Crippen LogP contribution in [0.15, 0.2) is 24.3 Å². The number of benzene rings is 1. The molecule has 3 nitrogen and oxygen atoms in total. The van der Waals surface area contributed by atoms with Crippen molar-refractivity contribution in [2.45, 2.75) is 32.8 Å². The summed E-state index contributed by atoms with van der Waals surface area (Å²) in [6, 6.07) is 8.74. The smallest absolute Gasteiger partial charge is 0.0645 e. The molecule has 0 unspecified atom stereocenters. The maximum Gasteiger partial charge on any atom is 0.0645 e. The Hall–Kier alpha value is -1.06. The van der Waals surface area contributed by atoms with Crippen LogP contribution in [0.4, 0.5) is 5.69 Å². The van der Waals surface area contributed by atoms with Crippen LogP contribution in [-0.2, 0) is 4.74 Å². The SMILES string of the molecule is CCN(CCOC1CCNCC1)c1ccc(C)cc1. The van der Waals surface area contributed by atoms with E-state index in [4.69, 9.17) is 4.74 Å². The topological polar surface area (TPSA) is 24.5 Å². The molecule has 0 saturated carbocycles. The van der Waals surface area contributed by atoms with Gasteiger partial charge in [-0.25, -0.2) is 0 Å². The molecular weight excluding hydrogens is 236 g/mol. The molecule has 0 spiro atoms. The molecule has 1 aromatic rings. The van der Waals surface area contributed by atoms with Gasteiger partial charge >= 0.3 is 0 Å². The van der Waals surface area contributed by atoms with E-state index in [0.29, 0.717) is 6.10 Å². The van der Waals surface area contributed by atoms with Crippen LogP contribution >= 0.6 is 0 Å². The average Bonchev–Trinajstić information content (AvgIpc) is 2.46. The van der Waals surface area contributed by atoms with Gasteiger partial charge in [-0.3, -0.25) is 0 Å². The molecule has 3 heteroatoms. The van der Waals surface area contributed by atoms with Crippen LogP contribution in [0.5, 0.6) is 0 Å². The number of nitrogens with zero attached hydrogens (tertiary/aromatic N) is 1. The van der Waals surface area contributed by atoms with E-state index in [1.165, 1.54) is 11.3 Å². The Labute approximate surface area is 116 Å². The molecule has 0 bridgehead atoms. The lowest BCUT2D eigenvalue weighted by molar-refractivity contribution is 0.0373. The van der Waals surface area contributed by atoms with Gasteiger partial charge < -0.3 is 15.0 Å². The van der Waals surface area contributed by atoms with E-state index in [9.17, 15) is 0 Å². The molecule has 1 heterocycles. The summed E-state index contributed by atoms with van der Waals surface area (Å²) >= 11 is 0. The van der Waals surface area contributed by atoms with Crippen molar-refractivity contribution in [3.05, 3.63) is 29.8 Å². The third kappa shape index (κ3) is 4.51. The number of ether oxygens (including phenoxy) is 1. The Balaban J connectivity index is 1.77. The third-order valence-corrected chi connectivity index (χ3v) is 3.78. The van der Waals surface area contributed by atoms with Gasteiger partial charge in [0.25, 0.3) is 0 Å². The standard InChI is InChI=1S/C16H26N2O/c1-3-18(15-6-4-14(2)5-7-15)12-13-19-16-8-10-17-11-9-16/h4-7,16-17H,3,8-13H2,1-2H3. The van der Waals surface area contributed by atoms with Crippen LogP contribution in [0, 0.1) is 6.92 Å². The second-order valence-corrected chi connectivity index (χ2v) is 5.24. The molecule has 0 radical (unpaired) electrons. The monoisotopic (exact) mass is 262 g/mol.